The van der Waals surface area contributed by atoms with Crippen molar-refractivity contribution in [2.45, 2.75) is 39.3 Å². The summed E-state index contributed by atoms with van der Waals surface area (Å²) in [6, 6.07) is 0. The molecule has 1 saturated heterocycles. The average Bonchev–Trinajstić information content (AvgIpc) is 2.17. The van der Waals surface area contributed by atoms with E-state index >= 15 is 0 Å². The van der Waals surface area contributed by atoms with Crippen molar-refractivity contribution >= 4 is 5.91 Å². The summed E-state index contributed by atoms with van der Waals surface area (Å²) in [5.41, 5.74) is 0. The van der Waals surface area contributed by atoms with Crippen molar-refractivity contribution in [3.63, 3.8) is 0 Å². The Labute approximate surface area is 93.8 Å². The minimum atomic E-state index is -4.10. The maximum atomic E-state index is 12.7. The fourth-order valence-corrected chi connectivity index (χ4v) is 2.45. The molecule has 0 aromatic rings. The topological polar surface area (TPSA) is 20.3 Å². The number of likely N-dealkylation sites (tertiary alicyclic amines) is 1. The Hall–Kier alpha value is -0.740. The first kappa shape index (κ1) is 13.3. The molecule has 1 aliphatic rings. The van der Waals surface area contributed by atoms with Crippen LogP contribution in [0.3, 0.4) is 0 Å². The van der Waals surface area contributed by atoms with Gasteiger partial charge in [-0.2, -0.15) is 13.2 Å². The minimum absolute atomic E-state index is 0.0430. The van der Waals surface area contributed by atoms with Crippen LogP contribution in [-0.2, 0) is 4.79 Å². The van der Waals surface area contributed by atoms with Crippen LogP contribution >= 0.6 is 0 Å². The Morgan fingerprint density at radius 1 is 1.38 bits per heavy atom. The molecule has 0 radical (unpaired) electrons. The van der Waals surface area contributed by atoms with Gasteiger partial charge in [0.2, 0.25) is 5.91 Å². The number of nitrogens with zero attached hydrogens (tertiary/aromatic N) is 1. The van der Waals surface area contributed by atoms with Crippen molar-refractivity contribution in [1.29, 1.82) is 0 Å². The van der Waals surface area contributed by atoms with E-state index in [-0.39, 0.29) is 18.2 Å². The third kappa shape index (κ3) is 3.12. The van der Waals surface area contributed by atoms with E-state index in [0.717, 1.165) is 0 Å². The fourth-order valence-electron chi connectivity index (χ4n) is 2.45. The maximum absolute atomic E-state index is 12.7. The van der Waals surface area contributed by atoms with E-state index in [2.05, 4.69) is 0 Å². The SMILES string of the molecule is CCC(C1CCN(C(C)=O)CC1)C(F)(F)F. The lowest BCUT2D eigenvalue weighted by Crippen LogP contribution is -2.41. The zero-order chi connectivity index (χ0) is 12.3. The second-order valence-corrected chi connectivity index (χ2v) is 4.40. The van der Waals surface area contributed by atoms with Crippen LogP contribution < -0.4 is 0 Å². The molecule has 94 valence electrons. The molecule has 0 saturated carbocycles. The van der Waals surface area contributed by atoms with Gasteiger partial charge in [-0.3, -0.25) is 4.79 Å². The number of amides is 1. The largest absolute Gasteiger partial charge is 0.392 e. The lowest BCUT2D eigenvalue weighted by atomic mass is 9.82. The van der Waals surface area contributed by atoms with Gasteiger partial charge in [0.05, 0.1) is 5.92 Å². The number of rotatable bonds is 2. The minimum Gasteiger partial charge on any atom is -0.343 e. The van der Waals surface area contributed by atoms with Crippen LogP contribution in [0, 0.1) is 11.8 Å². The highest BCUT2D eigenvalue weighted by Crippen LogP contribution is 2.39. The van der Waals surface area contributed by atoms with Crippen LogP contribution in [0.5, 0.6) is 0 Å². The summed E-state index contributed by atoms with van der Waals surface area (Å²) < 4.78 is 38.0. The summed E-state index contributed by atoms with van der Waals surface area (Å²) >= 11 is 0. The second-order valence-electron chi connectivity index (χ2n) is 4.40. The van der Waals surface area contributed by atoms with Gasteiger partial charge in [0, 0.05) is 20.0 Å². The Morgan fingerprint density at radius 3 is 2.19 bits per heavy atom. The summed E-state index contributed by atoms with van der Waals surface area (Å²) in [5, 5.41) is 0. The van der Waals surface area contributed by atoms with E-state index in [1.165, 1.54) is 6.92 Å². The molecule has 2 nitrogen and oxygen atoms in total. The highest BCUT2D eigenvalue weighted by atomic mass is 19.4. The molecule has 1 heterocycles. The third-order valence-electron chi connectivity index (χ3n) is 3.41. The van der Waals surface area contributed by atoms with Crippen molar-refractivity contribution in [1.82, 2.24) is 4.90 Å². The molecule has 0 bridgehead atoms. The summed E-state index contributed by atoms with van der Waals surface area (Å²) in [6.07, 6.45) is -3.03. The van der Waals surface area contributed by atoms with Crippen LogP contribution in [0.25, 0.3) is 0 Å². The smallest absolute Gasteiger partial charge is 0.343 e. The van der Waals surface area contributed by atoms with E-state index in [9.17, 15) is 18.0 Å². The van der Waals surface area contributed by atoms with Crippen LogP contribution in [0.15, 0.2) is 0 Å². The molecule has 16 heavy (non-hydrogen) atoms. The van der Waals surface area contributed by atoms with Crippen LogP contribution in [0.4, 0.5) is 13.2 Å². The first-order valence-electron chi connectivity index (χ1n) is 5.68. The number of carbonyl (C=O) groups excluding carboxylic acids is 1. The summed E-state index contributed by atoms with van der Waals surface area (Å²) in [7, 11) is 0. The lowest BCUT2D eigenvalue weighted by molar-refractivity contribution is -0.193. The average molecular weight is 237 g/mol. The van der Waals surface area contributed by atoms with Gasteiger partial charge < -0.3 is 4.90 Å². The number of carbonyl (C=O) groups is 1. The molecule has 0 spiro atoms. The van der Waals surface area contributed by atoms with E-state index in [1.807, 2.05) is 0 Å². The molecule has 0 aliphatic carbocycles. The normalized spacial score (nSPS) is 20.9. The molecule has 0 aromatic carbocycles. The zero-order valence-electron chi connectivity index (χ0n) is 9.68. The first-order valence-corrected chi connectivity index (χ1v) is 5.68. The predicted molar refractivity (Wildman–Crippen MR) is 54.8 cm³/mol. The molecular weight excluding hydrogens is 219 g/mol. The lowest BCUT2D eigenvalue weighted by Gasteiger charge is -2.36. The molecule has 1 atom stereocenters. The van der Waals surface area contributed by atoms with Crippen molar-refractivity contribution in [3.8, 4) is 0 Å². The third-order valence-corrected chi connectivity index (χ3v) is 3.41. The van der Waals surface area contributed by atoms with Crippen molar-refractivity contribution in [3.05, 3.63) is 0 Å². The van der Waals surface area contributed by atoms with Gasteiger partial charge in [0.25, 0.3) is 0 Å². The van der Waals surface area contributed by atoms with Crippen LogP contribution in [0.1, 0.15) is 33.1 Å². The summed E-state index contributed by atoms with van der Waals surface area (Å²) in [6.45, 7) is 3.97. The van der Waals surface area contributed by atoms with Gasteiger partial charge >= 0.3 is 6.18 Å². The molecule has 5 heteroatoms. The zero-order valence-corrected chi connectivity index (χ0v) is 9.68. The predicted octanol–water partition coefficient (Wildman–Crippen LogP) is 2.83. The highest BCUT2D eigenvalue weighted by molar-refractivity contribution is 5.73. The summed E-state index contributed by atoms with van der Waals surface area (Å²) in [5.74, 6) is -1.57. The van der Waals surface area contributed by atoms with Gasteiger partial charge in [-0.15, -0.1) is 0 Å². The van der Waals surface area contributed by atoms with Gasteiger partial charge in [-0.1, -0.05) is 6.92 Å². The highest BCUT2D eigenvalue weighted by Gasteiger charge is 2.43. The number of hydrogen-bond donors (Lipinski definition) is 0. The number of halogens is 3. The molecule has 1 rings (SSSR count). The molecule has 1 amide bonds. The monoisotopic (exact) mass is 237 g/mol. The van der Waals surface area contributed by atoms with Crippen LogP contribution in [0.2, 0.25) is 0 Å². The van der Waals surface area contributed by atoms with Gasteiger partial charge in [-0.05, 0) is 25.2 Å². The fraction of sp³-hybridized carbons (Fsp3) is 0.909. The first-order chi connectivity index (χ1) is 7.36. The van der Waals surface area contributed by atoms with Crippen molar-refractivity contribution < 1.29 is 18.0 Å². The standard InChI is InChI=1S/C11H18F3NO/c1-3-10(11(12,13)14)9-4-6-15(7-5-9)8(2)16/h9-10H,3-7H2,1-2H3. The summed E-state index contributed by atoms with van der Waals surface area (Å²) in [4.78, 5) is 12.7. The van der Waals surface area contributed by atoms with Crippen LogP contribution in [-0.4, -0.2) is 30.1 Å². The van der Waals surface area contributed by atoms with Gasteiger partial charge in [-0.25, -0.2) is 0 Å². The van der Waals surface area contributed by atoms with Crippen molar-refractivity contribution in [2.75, 3.05) is 13.1 Å². The molecular formula is C11H18F3NO. The quantitative estimate of drug-likeness (QED) is 0.723. The molecule has 1 aliphatic heterocycles. The van der Waals surface area contributed by atoms with E-state index in [1.54, 1.807) is 11.8 Å². The Balaban J connectivity index is 2.55. The molecule has 0 aromatic heterocycles. The van der Waals surface area contributed by atoms with Gasteiger partial charge in [0.1, 0.15) is 0 Å². The van der Waals surface area contributed by atoms with E-state index in [0.29, 0.717) is 25.9 Å². The molecule has 0 N–H and O–H groups in total. The van der Waals surface area contributed by atoms with Crippen molar-refractivity contribution in [2.24, 2.45) is 11.8 Å². The van der Waals surface area contributed by atoms with Gasteiger partial charge in [0.15, 0.2) is 0 Å². The Bertz CT molecular complexity index is 244. The number of alkyl halides is 3. The van der Waals surface area contributed by atoms with E-state index < -0.39 is 12.1 Å². The second kappa shape index (κ2) is 5.06. The maximum Gasteiger partial charge on any atom is 0.392 e. The Morgan fingerprint density at radius 2 is 1.88 bits per heavy atom. The number of piperidine rings is 1. The Kier molecular flexibility index (Phi) is 4.21. The van der Waals surface area contributed by atoms with E-state index in [4.69, 9.17) is 0 Å². The molecule has 1 unspecified atom stereocenters. The molecule has 1 fully saturated rings. The number of hydrogen-bond acceptors (Lipinski definition) is 1.